The lowest BCUT2D eigenvalue weighted by atomic mass is 10.1. The molecule has 1 heterocycles. The van der Waals surface area contributed by atoms with E-state index >= 15 is 0 Å². The number of nitrogens with zero attached hydrogens (tertiary/aromatic N) is 2. The van der Waals surface area contributed by atoms with Crippen LogP contribution in [0.4, 0.5) is 4.39 Å². The minimum Gasteiger partial charge on any atom is -0.489 e. The van der Waals surface area contributed by atoms with E-state index in [9.17, 15) is 4.39 Å². The Bertz CT molecular complexity index is 822. The fraction of sp³-hybridized carbons (Fsp3) is 0.0588. The van der Waals surface area contributed by atoms with Gasteiger partial charge in [-0.15, -0.1) is 0 Å². The molecule has 0 aliphatic rings. The molecule has 0 unspecified atom stereocenters. The molecule has 1 aromatic heterocycles. The molecule has 0 saturated carbocycles. The maximum absolute atomic E-state index is 13.6. The topological polar surface area (TPSA) is 45.9 Å². The summed E-state index contributed by atoms with van der Waals surface area (Å²) in [5, 5.41) is 9.49. The van der Waals surface area contributed by atoms with Gasteiger partial charge in [-0.2, -0.15) is 5.26 Å². The van der Waals surface area contributed by atoms with Crippen LogP contribution in [-0.4, -0.2) is 4.98 Å². The summed E-state index contributed by atoms with van der Waals surface area (Å²) in [7, 11) is 0. The highest BCUT2D eigenvalue weighted by atomic mass is 19.1. The summed E-state index contributed by atoms with van der Waals surface area (Å²) >= 11 is 0. The SMILES string of the molecule is N#Cc1ccc(OCc2cc(F)cc3cccnc23)cc1. The van der Waals surface area contributed by atoms with Crippen LogP contribution in [0.2, 0.25) is 0 Å². The van der Waals surface area contributed by atoms with Crippen LogP contribution in [0, 0.1) is 17.1 Å². The first-order chi connectivity index (χ1) is 10.3. The summed E-state index contributed by atoms with van der Waals surface area (Å²) in [5.74, 6) is 0.316. The maximum atomic E-state index is 13.6. The number of ether oxygens (including phenoxy) is 1. The molecule has 0 aliphatic carbocycles. The van der Waals surface area contributed by atoms with E-state index in [1.54, 1.807) is 36.5 Å². The van der Waals surface area contributed by atoms with Crippen molar-refractivity contribution in [2.24, 2.45) is 0 Å². The molecule has 3 rings (SSSR count). The number of hydrogen-bond donors (Lipinski definition) is 0. The predicted octanol–water partition coefficient (Wildman–Crippen LogP) is 3.82. The fourth-order valence-electron chi connectivity index (χ4n) is 2.12. The number of pyridine rings is 1. The molecule has 0 N–H and O–H groups in total. The van der Waals surface area contributed by atoms with Gasteiger partial charge >= 0.3 is 0 Å². The summed E-state index contributed by atoms with van der Waals surface area (Å²) in [6.45, 7) is 0.219. The van der Waals surface area contributed by atoms with E-state index in [1.165, 1.54) is 12.1 Å². The number of nitriles is 1. The Labute approximate surface area is 121 Å². The average Bonchev–Trinajstić information content (AvgIpc) is 2.53. The molecule has 0 aliphatic heterocycles. The van der Waals surface area contributed by atoms with Crippen molar-refractivity contribution >= 4 is 10.9 Å². The number of benzene rings is 2. The summed E-state index contributed by atoms with van der Waals surface area (Å²) in [6.07, 6.45) is 1.67. The van der Waals surface area contributed by atoms with Crippen molar-refractivity contribution in [3.05, 3.63) is 71.7 Å². The molecule has 0 atom stereocenters. The number of fused-ring (bicyclic) bond motifs is 1. The maximum Gasteiger partial charge on any atom is 0.124 e. The minimum absolute atomic E-state index is 0.219. The first-order valence-electron chi connectivity index (χ1n) is 6.42. The first kappa shape index (κ1) is 13.1. The Morgan fingerprint density at radius 1 is 1.14 bits per heavy atom. The van der Waals surface area contributed by atoms with Gasteiger partial charge in [-0.25, -0.2) is 4.39 Å². The lowest BCUT2D eigenvalue weighted by molar-refractivity contribution is 0.307. The second kappa shape index (κ2) is 5.59. The lowest BCUT2D eigenvalue weighted by Gasteiger charge is -2.09. The summed E-state index contributed by atoms with van der Waals surface area (Å²) in [5.41, 5.74) is 1.99. The third-order valence-corrected chi connectivity index (χ3v) is 3.13. The van der Waals surface area contributed by atoms with E-state index in [-0.39, 0.29) is 12.4 Å². The third-order valence-electron chi connectivity index (χ3n) is 3.13. The standard InChI is InChI=1S/C17H11FN2O/c18-15-8-13-2-1-7-20-17(13)14(9-15)11-21-16-5-3-12(10-19)4-6-16/h1-9H,11H2. The van der Waals surface area contributed by atoms with E-state index in [0.29, 0.717) is 16.9 Å². The van der Waals surface area contributed by atoms with Crippen molar-refractivity contribution < 1.29 is 9.13 Å². The summed E-state index contributed by atoms with van der Waals surface area (Å²) in [4.78, 5) is 4.27. The monoisotopic (exact) mass is 278 g/mol. The molecule has 0 spiro atoms. The van der Waals surface area contributed by atoms with Crippen LogP contribution in [0.3, 0.4) is 0 Å². The van der Waals surface area contributed by atoms with E-state index in [2.05, 4.69) is 4.98 Å². The Morgan fingerprint density at radius 3 is 2.71 bits per heavy atom. The van der Waals surface area contributed by atoms with Crippen molar-refractivity contribution in [3.8, 4) is 11.8 Å². The molecule has 3 aromatic rings. The van der Waals surface area contributed by atoms with Crippen molar-refractivity contribution in [2.45, 2.75) is 6.61 Å². The largest absolute Gasteiger partial charge is 0.489 e. The zero-order valence-corrected chi connectivity index (χ0v) is 11.1. The van der Waals surface area contributed by atoms with Crippen LogP contribution >= 0.6 is 0 Å². The van der Waals surface area contributed by atoms with Crippen LogP contribution in [0.1, 0.15) is 11.1 Å². The summed E-state index contributed by atoms with van der Waals surface area (Å²) in [6, 6.07) is 15.3. The fourth-order valence-corrected chi connectivity index (χ4v) is 2.12. The van der Waals surface area contributed by atoms with Gasteiger partial charge < -0.3 is 4.74 Å². The highest BCUT2D eigenvalue weighted by Gasteiger charge is 2.06. The quantitative estimate of drug-likeness (QED) is 0.731. The van der Waals surface area contributed by atoms with E-state index in [1.807, 2.05) is 12.1 Å². The number of hydrogen-bond acceptors (Lipinski definition) is 3. The van der Waals surface area contributed by atoms with Gasteiger partial charge in [-0.3, -0.25) is 4.98 Å². The molecule has 4 heteroatoms. The van der Waals surface area contributed by atoms with Crippen molar-refractivity contribution in [2.75, 3.05) is 0 Å². The number of rotatable bonds is 3. The minimum atomic E-state index is -0.311. The van der Waals surface area contributed by atoms with Crippen LogP contribution in [0.15, 0.2) is 54.7 Å². The van der Waals surface area contributed by atoms with E-state index in [4.69, 9.17) is 10.00 Å². The normalized spacial score (nSPS) is 10.3. The van der Waals surface area contributed by atoms with Crippen molar-refractivity contribution in [1.82, 2.24) is 4.98 Å². The van der Waals surface area contributed by atoms with Gasteiger partial charge in [-0.1, -0.05) is 6.07 Å². The zero-order valence-electron chi connectivity index (χ0n) is 11.1. The molecule has 3 nitrogen and oxygen atoms in total. The van der Waals surface area contributed by atoms with Crippen molar-refractivity contribution in [1.29, 1.82) is 5.26 Å². The summed E-state index contributed by atoms with van der Waals surface area (Å²) < 4.78 is 19.2. The van der Waals surface area contributed by atoms with E-state index < -0.39 is 0 Å². The lowest BCUT2D eigenvalue weighted by Crippen LogP contribution is -1.98. The zero-order chi connectivity index (χ0) is 14.7. The van der Waals surface area contributed by atoms with Crippen LogP contribution in [-0.2, 0) is 6.61 Å². The Morgan fingerprint density at radius 2 is 1.95 bits per heavy atom. The number of aromatic nitrogens is 1. The van der Waals surface area contributed by atoms with Gasteiger partial charge in [0.2, 0.25) is 0 Å². The van der Waals surface area contributed by atoms with Gasteiger partial charge in [0.15, 0.2) is 0 Å². The predicted molar refractivity (Wildman–Crippen MR) is 77.2 cm³/mol. The molecule has 21 heavy (non-hydrogen) atoms. The molecule has 0 fully saturated rings. The van der Waals surface area contributed by atoms with E-state index in [0.717, 1.165) is 10.9 Å². The molecule has 0 bridgehead atoms. The Kier molecular flexibility index (Phi) is 3.48. The van der Waals surface area contributed by atoms with Crippen LogP contribution in [0.5, 0.6) is 5.75 Å². The van der Waals surface area contributed by atoms with Gasteiger partial charge in [0.05, 0.1) is 17.1 Å². The van der Waals surface area contributed by atoms with Gasteiger partial charge in [0.1, 0.15) is 18.2 Å². The van der Waals surface area contributed by atoms with Crippen LogP contribution < -0.4 is 4.74 Å². The molecular weight excluding hydrogens is 267 g/mol. The highest BCUT2D eigenvalue weighted by molar-refractivity contribution is 5.81. The van der Waals surface area contributed by atoms with Gasteiger partial charge in [0.25, 0.3) is 0 Å². The molecule has 0 radical (unpaired) electrons. The third kappa shape index (κ3) is 2.82. The molecule has 102 valence electrons. The average molecular weight is 278 g/mol. The van der Waals surface area contributed by atoms with Gasteiger partial charge in [0, 0.05) is 17.1 Å². The second-order valence-corrected chi connectivity index (χ2v) is 4.56. The van der Waals surface area contributed by atoms with Crippen LogP contribution in [0.25, 0.3) is 10.9 Å². The second-order valence-electron chi connectivity index (χ2n) is 4.56. The Balaban J connectivity index is 1.86. The molecule has 0 saturated heterocycles. The number of halogens is 1. The smallest absolute Gasteiger partial charge is 0.124 e. The molecule has 0 amide bonds. The molecular formula is C17H11FN2O. The van der Waals surface area contributed by atoms with Gasteiger partial charge in [-0.05, 0) is 42.5 Å². The Hall–Kier alpha value is -2.93. The first-order valence-corrected chi connectivity index (χ1v) is 6.42. The van der Waals surface area contributed by atoms with Crippen molar-refractivity contribution in [3.63, 3.8) is 0 Å². The molecule has 2 aromatic carbocycles. The highest BCUT2D eigenvalue weighted by Crippen LogP contribution is 2.20.